The van der Waals surface area contributed by atoms with E-state index in [1.807, 2.05) is 56.3 Å². The van der Waals surface area contributed by atoms with E-state index in [9.17, 15) is 0 Å². The van der Waals surface area contributed by atoms with Gasteiger partial charge in [0.1, 0.15) is 23.8 Å². The second-order valence-electron chi connectivity index (χ2n) is 5.93. The molecule has 1 aromatic heterocycles. The van der Waals surface area contributed by atoms with E-state index in [0.717, 1.165) is 35.6 Å². The highest BCUT2D eigenvalue weighted by molar-refractivity contribution is 5.53. The Bertz CT molecular complexity index is 834. The summed E-state index contributed by atoms with van der Waals surface area (Å²) in [7, 11) is 0. The Kier molecular flexibility index (Phi) is 5.68. The summed E-state index contributed by atoms with van der Waals surface area (Å²) in [4.78, 5) is 4.58. The Labute approximate surface area is 149 Å². The minimum atomic E-state index is 0.403. The van der Waals surface area contributed by atoms with Crippen molar-refractivity contribution in [2.24, 2.45) is 0 Å². The van der Waals surface area contributed by atoms with Crippen molar-refractivity contribution in [3.63, 3.8) is 0 Å². The number of nitrogens with zero attached hydrogens (tertiary/aromatic N) is 1. The maximum Gasteiger partial charge on any atom is 0.226 e. The van der Waals surface area contributed by atoms with Crippen LogP contribution in [0.4, 0.5) is 0 Å². The van der Waals surface area contributed by atoms with E-state index in [1.54, 1.807) is 0 Å². The van der Waals surface area contributed by atoms with Crippen molar-refractivity contribution in [2.45, 2.75) is 33.3 Å². The monoisotopic (exact) mass is 333 g/mol. The van der Waals surface area contributed by atoms with Gasteiger partial charge in [-0.05, 0) is 56.5 Å². The molecule has 0 unspecified atom stereocenters. The van der Waals surface area contributed by atoms with Gasteiger partial charge in [0.2, 0.25) is 5.89 Å². The first-order valence-electron chi connectivity index (χ1n) is 8.61. The number of ether oxygens (including phenoxy) is 1. The van der Waals surface area contributed by atoms with E-state index in [1.165, 1.54) is 5.56 Å². The molecule has 0 atom stereocenters. The summed E-state index contributed by atoms with van der Waals surface area (Å²) in [6.45, 7) is 4.37. The van der Waals surface area contributed by atoms with Gasteiger partial charge in [0.05, 0.1) is 0 Å². The maximum absolute atomic E-state index is 5.93. The van der Waals surface area contributed by atoms with Crippen molar-refractivity contribution in [1.82, 2.24) is 4.98 Å². The summed E-state index contributed by atoms with van der Waals surface area (Å²) < 4.78 is 11.7. The van der Waals surface area contributed by atoms with Crippen LogP contribution in [0, 0.1) is 6.92 Å². The Hall–Kier alpha value is -2.81. The lowest BCUT2D eigenvalue weighted by Crippen LogP contribution is -1.98. The third-order valence-electron chi connectivity index (χ3n) is 4.02. The Balaban J connectivity index is 1.66. The highest BCUT2D eigenvalue weighted by Gasteiger charge is 2.11. The summed E-state index contributed by atoms with van der Waals surface area (Å²) in [6.07, 6.45) is 6.32. The van der Waals surface area contributed by atoms with Crippen molar-refractivity contribution in [3.05, 3.63) is 83.8 Å². The van der Waals surface area contributed by atoms with Gasteiger partial charge in [-0.25, -0.2) is 4.98 Å². The quantitative estimate of drug-likeness (QED) is 0.517. The second kappa shape index (κ2) is 8.34. The summed E-state index contributed by atoms with van der Waals surface area (Å²) in [6, 6.07) is 18.1. The van der Waals surface area contributed by atoms with Gasteiger partial charge in [0, 0.05) is 5.56 Å². The third kappa shape index (κ3) is 4.60. The number of rotatable bonds is 7. The third-order valence-corrected chi connectivity index (χ3v) is 4.02. The molecule has 3 heteroatoms. The van der Waals surface area contributed by atoms with E-state index in [0.29, 0.717) is 12.5 Å². The highest BCUT2D eigenvalue weighted by atomic mass is 16.5. The van der Waals surface area contributed by atoms with Crippen LogP contribution >= 0.6 is 0 Å². The number of oxazole rings is 1. The van der Waals surface area contributed by atoms with Crippen LogP contribution in [0.3, 0.4) is 0 Å². The summed E-state index contributed by atoms with van der Waals surface area (Å²) in [5.74, 6) is 2.29. The molecule has 3 rings (SSSR count). The summed E-state index contributed by atoms with van der Waals surface area (Å²) >= 11 is 0. The number of benzene rings is 2. The fourth-order valence-corrected chi connectivity index (χ4v) is 2.63. The van der Waals surface area contributed by atoms with Crippen molar-refractivity contribution in [3.8, 4) is 17.2 Å². The topological polar surface area (TPSA) is 35.3 Å². The first-order chi connectivity index (χ1) is 12.3. The van der Waals surface area contributed by atoms with Gasteiger partial charge >= 0.3 is 0 Å². The van der Waals surface area contributed by atoms with Crippen LogP contribution in [0.5, 0.6) is 5.75 Å². The molecular formula is C22H23NO2. The zero-order chi connectivity index (χ0) is 17.5. The van der Waals surface area contributed by atoms with Crippen LogP contribution in [-0.4, -0.2) is 4.98 Å². The molecule has 0 aliphatic carbocycles. The fourth-order valence-electron chi connectivity index (χ4n) is 2.63. The minimum Gasteiger partial charge on any atom is -0.487 e. The SMILES string of the molecule is C/C=C/CCc1cccc(OCc2nc(-c3ccccc3)oc2C)c1. The van der Waals surface area contributed by atoms with Crippen LogP contribution < -0.4 is 4.74 Å². The lowest BCUT2D eigenvalue weighted by Gasteiger charge is -2.06. The van der Waals surface area contributed by atoms with E-state index in [4.69, 9.17) is 9.15 Å². The maximum atomic E-state index is 5.93. The molecule has 0 spiro atoms. The van der Waals surface area contributed by atoms with E-state index >= 15 is 0 Å². The average molecular weight is 333 g/mol. The van der Waals surface area contributed by atoms with Gasteiger partial charge in [-0.15, -0.1) is 0 Å². The lowest BCUT2D eigenvalue weighted by molar-refractivity contribution is 0.299. The van der Waals surface area contributed by atoms with Crippen molar-refractivity contribution >= 4 is 0 Å². The number of aromatic nitrogens is 1. The van der Waals surface area contributed by atoms with Crippen molar-refractivity contribution in [2.75, 3.05) is 0 Å². The smallest absolute Gasteiger partial charge is 0.226 e. The molecular weight excluding hydrogens is 310 g/mol. The molecule has 0 aliphatic heterocycles. The molecule has 0 radical (unpaired) electrons. The van der Waals surface area contributed by atoms with Gasteiger partial charge in [0.15, 0.2) is 0 Å². The predicted octanol–water partition coefficient (Wildman–Crippen LogP) is 5.74. The Morgan fingerprint density at radius 3 is 2.72 bits per heavy atom. The first-order valence-corrected chi connectivity index (χ1v) is 8.61. The largest absolute Gasteiger partial charge is 0.487 e. The fraction of sp³-hybridized carbons (Fsp3) is 0.227. The second-order valence-corrected chi connectivity index (χ2v) is 5.93. The van der Waals surface area contributed by atoms with Crippen LogP contribution in [0.2, 0.25) is 0 Å². The van der Waals surface area contributed by atoms with Crippen LogP contribution in [0.25, 0.3) is 11.5 Å². The molecule has 0 amide bonds. The predicted molar refractivity (Wildman–Crippen MR) is 101 cm³/mol. The molecule has 3 nitrogen and oxygen atoms in total. The number of hydrogen-bond acceptors (Lipinski definition) is 3. The van der Waals surface area contributed by atoms with Crippen LogP contribution in [0.15, 0.2) is 71.2 Å². The van der Waals surface area contributed by atoms with Gasteiger partial charge in [0.25, 0.3) is 0 Å². The zero-order valence-electron chi connectivity index (χ0n) is 14.7. The van der Waals surface area contributed by atoms with Crippen molar-refractivity contribution in [1.29, 1.82) is 0 Å². The molecule has 0 N–H and O–H groups in total. The molecule has 0 aliphatic rings. The van der Waals surface area contributed by atoms with Crippen molar-refractivity contribution < 1.29 is 9.15 Å². The molecule has 2 aromatic carbocycles. The average Bonchev–Trinajstić information content (AvgIpc) is 3.02. The van der Waals surface area contributed by atoms with Crippen LogP contribution in [-0.2, 0) is 13.0 Å². The van der Waals surface area contributed by atoms with E-state index < -0.39 is 0 Å². The molecule has 128 valence electrons. The summed E-state index contributed by atoms with van der Waals surface area (Å²) in [5, 5.41) is 0. The normalized spacial score (nSPS) is 11.1. The molecule has 0 saturated carbocycles. The zero-order valence-corrected chi connectivity index (χ0v) is 14.7. The van der Waals surface area contributed by atoms with Gasteiger partial charge < -0.3 is 9.15 Å². The standard InChI is InChI=1S/C22H23NO2/c1-3-4-6-10-18-11-9-14-20(15-18)24-16-21-17(2)25-22(23-21)19-12-7-5-8-13-19/h3-5,7-9,11-15H,6,10,16H2,1-2H3/b4-3+. The minimum absolute atomic E-state index is 0.403. The van der Waals surface area contributed by atoms with Gasteiger partial charge in [-0.2, -0.15) is 0 Å². The number of hydrogen-bond donors (Lipinski definition) is 0. The summed E-state index contributed by atoms with van der Waals surface area (Å²) in [5.41, 5.74) is 3.08. The Morgan fingerprint density at radius 2 is 1.92 bits per heavy atom. The van der Waals surface area contributed by atoms with Gasteiger partial charge in [-0.1, -0.05) is 42.5 Å². The number of allylic oxidation sites excluding steroid dienone is 2. The van der Waals surface area contributed by atoms with E-state index in [-0.39, 0.29) is 0 Å². The van der Waals surface area contributed by atoms with E-state index in [2.05, 4.69) is 29.3 Å². The lowest BCUT2D eigenvalue weighted by atomic mass is 10.1. The Morgan fingerprint density at radius 1 is 1.08 bits per heavy atom. The molecule has 25 heavy (non-hydrogen) atoms. The van der Waals surface area contributed by atoms with Gasteiger partial charge in [-0.3, -0.25) is 0 Å². The highest BCUT2D eigenvalue weighted by Crippen LogP contribution is 2.23. The molecule has 1 heterocycles. The molecule has 0 fully saturated rings. The van der Waals surface area contributed by atoms with Crippen LogP contribution in [0.1, 0.15) is 30.4 Å². The first kappa shape index (κ1) is 17.0. The molecule has 3 aromatic rings. The number of aryl methyl sites for hydroxylation is 2. The molecule has 0 saturated heterocycles. The molecule has 0 bridgehead atoms.